The molecule has 1 atom stereocenters. The molecule has 6 heteroatoms. The number of benzene rings is 3. The van der Waals surface area contributed by atoms with Crippen LogP contribution in [0.2, 0.25) is 5.02 Å². The summed E-state index contributed by atoms with van der Waals surface area (Å²) in [4.78, 5) is 13.2. The summed E-state index contributed by atoms with van der Waals surface area (Å²) in [6.45, 7) is 0. The Labute approximate surface area is 188 Å². The van der Waals surface area contributed by atoms with Crippen molar-refractivity contribution < 1.29 is 13.7 Å². The van der Waals surface area contributed by atoms with Crippen molar-refractivity contribution in [2.24, 2.45) is 0 Å². The van der Waals surface area contributed by atoms with E-state index in [4.69, 9.17) is 11.6 Å². The van der Waals surface area contributed by atoms with Crippen molar-refractivity contribution in [1.29, 1.82) is 0 Å². The monoisotopic (exact) mass is 449 g/mol. The summed E-state index contributed by atoms with van der Waals surface area (Å²) >= 11 is 4.02. The number of carbonyl (C=O) groups is 1. The third kappa shape index (κ3) is 4.52. The van der Waals surface area contributed by atoms with Crippen LogP contribution in [0.25, 0.3) is 6.08 Å². The normalized spacial score (nSPS) is 16.6. The van der Waals surface area contributed by atoms with Gasteiger partial charge in [0.2, 0.25) is 10.7 Å². The Morgan fingerprint density at radius 3 is 2.65 bits per heavy atom. The number of fused-ring (bicyclic) bond motifs is 1. The van der Waals surface area contributed by atoms with E-state index in [9.17, 15) is 13.7 Å². The van der Waals surface area contributed by atoms with Crippen LogP contribution in [0.1, 0.15) is 27.0 Å². The molecule has 0 fully saturated rings. The van der Waals surface area contributed by atoms with E-state index < -0.39 is 17.2 Å². The summed E-state index contributed by atoms with van der Waals surface area (Å²) < 4.78 is 28.2. The van der Waals surface area contributed by atoms with Gasteiger partial charge in [0.25, 0.3) is 0 Å². The highest BCUT2D eigenvalue weighted by molar-refractivity contribution is 7.97. The molecule has 3 aromatic carbocycles. The van der Waals surface area contributed by atoms with Gasteiger partial charge >= 0.3 is 0 Å². The predicted molar refractivity (Wildman–Crippen MR) is 124 cm³/mol. The molecule has 4 rings (SSSR count). The number of rotatable bonds is 2. The minimum Gasteiger partial charge on any atom is -0.588 e. The van der Waals surface area contributed by atoms with Crippen LogP contribution in [0, 0.1) is 17.7 Å². The Kier molecular flexibility index (Phi) is 6.15. The number of allylic oxidation sites excluding steroid dienone is 1. The zero-order valence-electron chi connectivity index (χ0n) is 16.6. The van der Waals surface area contributed by atoms with Gasteiger partial charge in [-0.05, 0) is 41.5 Å². The summed E-state index contributed by atoms with van der Waals surface area (Å²) in [5.41, 5.74) is 3.19. The average molecular weight is 450 g/mol. The molecule has 1 unspecified atom stereocenters. The van der Waals surface area contributed by atoms with Gasteiger partial charge in [-0.2, -0.15) is 4.31 Å². The Morgan fingerprint density at radius 1 is 1.13 bits per heavy atom. The molecular weight excluding hydrogens is 433 g/mol. The molecule has 0 aromatic heterocycles. The first kappa shape index (κ1) is 21.2. The maximum atomic E-state index is 13.8. The van der Waals surface area contributed by atoms with Crippen molar-refractivity contribution in [3.63, 3.8) is 0 Å². The van der Waals surface area contributed by atoms with Crippen molar-refractivity contribution in [1.82, 2.24) is 0 Å². The molecule has 1 heterocycles. The van der Waals surface area contributed by atoms with E-state index in [1.54, 1.807) is 31.3 Å². The molecule has 0 saturated heterocycles. The summed E-state index contributed by atoms with van der Waals surface area (Å²) in [6.07, 6.45) is 2.04. The molecule has 3 nitrogen and oxygen atoms in total. The molecule has 0 saturated carbocycles. The number of carbonyl (C=O) groups excluding carboxylic acids is 1. The SMILES string of the molecule is CN1c2ccc(C#CCc3ccccc3)cc2C(=O)/C(=C\c2ccc(Cl)c(F)c2)[S+]1[O-]. The number of Topliss-reactive ketones (excluding diaryl/α,β-unsaturated/α-hetero) is 1. The van der Waals surface area contributed by atoms with E-state index in [-0.39, 0.29) is 15.7 Å². The second-order valence-electron chi connectivity index (χ2n) is 6.95. The molecule has 0 spiro atoms. The van der Waals surface area contributed by atoms with Gasteiger partial charge in [0.15, 0.2) is 0 Å². The van der Waals surface area contributed by atoms with E-state index in [1.165, 1.54) is 22.5 Å². The van der Waals surface area contributed by atoms with Gasteiger partial charge in [0.1, 0.15) is 17.2 Å². The number of hydrogen-bond acceptors (Lipinski definition) is 3. The highest BCUT2D eigenvalue weighted by Gasteiger charge is 2.38. The minimum absolute atomic E-state index is 0.0144. The molecule has 154 valence electrons. The molecule has 1 aliphatic heterocycles. The quantitative estimate of drug-likeness (QED) is 0.298. The summed E-state index contributed by atoms with van der Waals surface area (Å²) in [5, 5.41) is -0.0144. The van der Waals surface area contributed by atoms with Gasteiger partial charge in [0.05, 0.1) is 23.3 Å². The molecule has 0 aliphatic carbocycles. The Morgan fingerprint density at radius 2 is 1.90 bits per heavy atom. The summed E-state index contributed by atoms with van der Waals surface area (Å²) in [5.74, 6) is 5.24. The molecule has 0 amide bonds. The predicted octanol–water partition coefficient (Wildman–Crippen LogP) is 5.41. The van der Waals surface area contributed by atoms with Crippen LogP contribution < -0.4 is 4.31 Å². The van der Waals surface area contributed by atoms with Crippen molar-refractivity contribution >= 4 is 40.5 Å². The van der Waals surface area contributed by atoms with Gasteiger partial charge in [0, 0.05) is 18.1 Å². The number of anilines is 1. The summed E-state index contributed by atoms with van der Waals surface area (Å²) in [6, 6.07) is 19.3. The molecule has 0 bridgehead atoms. The average Bonchev–Trinajstić information content (AvgIpc) is 2.78. The number of hydrogen-bond donors (Lipinski definition) is 0. The van der Waals surface area contributed by atoms with Gasteiger partial charge < -0.3 is 4.55 Å². The van der Waals surface area contributed by atoms with Crippen LogP contribution >= 0.6 is 11.6 Å². The standard InChI is InChI=1S/C25H17ClFNO2S/c1-28-23-13-11-18(9-5-8-17-6-3-2-4-7-17)14-20(23)25(29)24(31(28)30)16-19-10-12-21(26)22(27)15-19/h2-4,6-7,10-16H,8H2,1H3/b24-16+. The van der Waals surface area contributed by atoms with Crippen LogP contribution in [0.5, 0.6) is 0 Å². The van der Waals surface area contributed by atoms with Crippen LogP contribution in [0.15, 0.2) is 71.6 Å². The Bertz CT molecular complexity index is 1250. The topological polar surface area (TPSA) is 43.4 Å². The second-order valence-corrected chi connectivity index (χ2v) is 8.85. The molecule has 1 aliphatic rings. The van der Waals surface area contributed by atoms with Gasteiger partial charge in [-0.15, -0.1) is 0 Å². The lowest BCUT2D eigenvalue weighted by Gasteiger charge is -2.29. The fourth-order valence-corrected chi connectivity index (χ4v) is 4.49. The van der Waals surface area contributed by atoms with Crippen molar-refractivity contribution in [3.8, 4) is 11.8 Å². The maximum absolute atomic E-state index is 13.8. The van der Waals surface area contributed by atoms with Crippen LogP contribution in [-0.4, -0.2) is 17.4 Å². The minimum atomic E-state index is -1.71. The van der Waals surface area contributed by atoms with Crippen molar-refractivity contribution in [3.05, 3.63) is 105 Å². The van der Waals surface area contributed by atoms with Crippen LogP contribution in [0.4, 0.5) is 10.1 Å². The zero-order chi connectivity index (χ0) is 22.0. The molecule has 0 N–H and O–H groups in total. The number of nitrogens with zero attached hydrogens (tertiary/aromatic N) is 1. The fourth-order valence-electron chi connectivity index (χ4n) is 3.23. The van der Waals surface area contributed by atoms with E-state index >= 15 is 0 Å². The largest absolute Gasteiger partial charge is 0.588 e. The van der Waals surface area contributed by atoms with E-state index in [2.05, 4.69) is 11.8 Å². The maximum Gasteiger partial charge on any atom is 0.245 e. The molecule has 0 radical (unpaired) electrons. The smallest absolute Gasteiger partial charge is 0.245 e. The van der Waals surface area contributed by atoms with Gasteiger partial charge in [-0.3, -0.25) is 4.79 Å². The van der Waals surface area contributed by atoms with E-state index in [0.29, 0.717) is 28.8 Å². The van der Waals surface area contributed by atoms with Crippen LogP contribution in [-0.2, 0) is 17.8 Å². The van der Waals surface area contributed by atoms with E-state index in [0.717, 1.165) is 5.56 Å². The first-order valence-electron chi connectivity index (χ1n) is 9.48. The Hall–Kier alpha value is -3.04. The highest BCUT2D eigenvalue weighted by Crippen LogP contribution is 2.35. The lowest BCUT2D eigenvalue weighted by molar-refractivity contribution is 0.104. The lowest BCUT2D eigenvalue weighted by atomic mass is 10.0. The number of halogens is 2. The van der Waals surface area contributed by atoms with Crippen molar-refractivity contribution in [2.75, 3.05) is 11.4 Å². The van der Waals surface area contributed by atoms with Gasteiger partial charge in [-0.1, -0.05) is 59.8 Å². The fraction of sp³-hybridized carbons (Fsp3) is 0.0800. The number of ketones is 1. The first-order valence-corrected chi connectivity index (χ1v) is 11.0. The second kappa shape index (κ2) is 8.99. The zero-order valence-corrected chi connectivity index (χ0v) is 18.1. The van der Waals surface area contributed by atoms with Crippen molar-refractivity contribution in [2.45, 2.75) is 6.42 Å². The van der Waals surface area contributed by atoms with Crippen LogP contribution in [0.3, 0.4) is 0 Å². The van der Waals surface area contributed by atoms with E-state index in [1.807, 2.05) is 30.3 Å². The Balaban J connectivity index is 1.66. The summed E-state index contributed by atoms with van der Waals surface area (Å²) in [7, 11) is 1.65. The molecular formula is C25H17ClFNO2S. The molecule has 31 heavy (non-hydrogen) atoms. The van der Waals surface area contributed by atoms with Gasteiger partial charge in [-0.25, -0.2) is 4.39 Å². The third-order valence-electron chi connectivity index (χ3n) is 4.85. The lowest BCUT2D eigenvalue weighted by Crippen LogP contribution is -2.36. The first-order chi connectivity index (χ1) is 14.9. The molecule has 3 aromatic rings. The highest BCUT2D eigenvalue weighted by atomic mass is 35.5. The third-order valence-corrected chi connectivity index (χ3v) is 6.53.